The Morgan fingerprint density at radius 3 is 2.61 bits per heavy atom. The van der Waals surface area contributed by atoms with Gasteiger partial charge in [0.05, 0.1) is 26.2 Å². The molecule has 7 nitrogen and oxygen atoms in total. The van der Waals surface area contributed by atoms with Crippen LogP contribution in [0.2, 0.25) is 0 Å². The van der Waals surface area contributed by atoms with Crippen molar-refractivity contribution in [2.24, 2.45) is 5.92 Å². The third-order valence-corrected chi connectivity index (χ3v) is 5.53. The SMILES string of the molecule is CCOC(=O)[C@H]1CCCN(CC(=O)N2Cc3ccccc3C[C@H]2C(=O)OC)C1. The summed E-state index contributed by atoms with van der Waals surface area (Å²) in [7, 11) is 1.35. The van der Waals surface area contributed by atoms with E-state index in [0.717, 1.165) is 30.5 Å². The van der Waals surface area contributed by atoms with Gasteiger partial charge in [-0.2, -0.15) is 0 Å². The molecule has 0 aromatic heterocycles. The van der Waals surface area contributed by atoms with Gasteiger partial charge in [-0.25, -0.2) is 4.79 Å². The lowest BCUT2D eigenvalue weighted by atomic mass is 9.93. The fraction of sp³-hybridized carbons (Fsp3) is 0.571. The highest BCUT2D eigenvalue weighted by Crippen LogP contribution is 2.25. The number of carbonyl (C=O) groups is 3. The van der Waals surface area contributed by atoms with Gasteiger partial charge in [0.15, 0.2) is 0 Å². The van der Waals surface area contributed by atoms with Gasteiger partial charge in [0.25, 0.3) is 0 Å². The highest BCUT2D eigenvalue weighted by Gasteiger charge is 2.36. The number of ether oxygens (including phenoxy) is 2. The van der Waals surface area contributed by atoms with Crippen LogP contribution in [-0.4, -0.2) is 67.0 Å². The Morgan fingerprint density at radius 2 is 1.89 bits per heavy atom. The third-order valence-electron chi connectivity index (χ3n) is 5.53. The molecule has 2 aliphatic heterocycles. The first kappa shape index (κ1) is 20.3. The summed E-state index contributed by atoms with van der Waals surface area (Å²) < 4.78 is 10.1. The number of methoxy groups -OCH3 is 1. The first-order valence-corrected chi connectivity index (χ1v) is 9.86. The smallest absolute Gasteiger partial charge is 0.328 e. The Morgan fingerprint density at radius 1 is 1.14 bits per heavy atom. The second-order valence-electron chi connectivity index (χ2n) is 7.36. The van der Waals surface area contributed by atoms with E-state index in [1.54, 1.807) is 11.8 Å². The summed E-state index contributed by atoms with van der Waals surface area (Å²) in [5.41, 5.74) is 2.13. The number of amides is 1. The second-order valence-corrected chi connectivity index (χ2v) is 7.36. The van der Waals surface area contributed by atoms with E-state index in [9.17, 15) is 14.4 Å². The van der Waals surface area contributed by atoms with Gasteiger partial charge < -0.3 is 14.4 Å². The van der Waals surface area contributed by atoms with Gasteiger partial charge in [0, 0.05) is 19.5 Å². The summed E-state index contributed by atoms with van der Waals surface area (Å²) in [4.78, 5) is 41.0. The number of rotatable bonds is 5. The Labute approximate surface area is 165 Å². The molecule has 0 unspecified atom stereocenters. The van der Waals surface area contributed by atoms with E-state index >= 15 is 0 Å². The molecule has 3 rings (SSSR count). The number of nitrogens with zero attached hydrogens (tertiary/aromatic N) is 2. The molecule has 2 aliphatic rings. The monoisotopic (exact) mass is 388 g/mol. The van der Waals surface area contributed by atoms with Crippen LogP contribution >= 0.6 is 0 Å². The van der Waals surface area contributed by atoms with Crippen molar-refractivity contribution in [1.29, 1.82) is 0 Å². The molecule has 0 bridgehead atoms. The van der Waals surface area contributed by atoms with Gasteiger partial charge in [-0.05, 0) is 37.4 Å². The maximum atomic E-state index is 13.1. The summed E-state index contributed by atoms with van der Waals surface area (Å²) in [6.07, 6.45) is 2.09. The molecular formula is C21H28N2O5. The third kappa shape index (κ3) is 4.52. The molecule has 1 fully saturated rings. The lowest BCUT2D eigenvalue weighted by Gasteiger charge is -2.37. The number of esters is 2. The second kappa shape index (κ2) is 9.19. The molecule has 0 saturated carbocycles. The summed E-state index contributed by atoms with van der Waals surface area (Å²) in [6, 6.07) is 7.24. The van der Waals surface area contributed by atoms with E-state index in [4.69, 9.17) is 9.47 Å². The molecular weight excluding hydrogens is 360 g/mol. The molecule has 0 radical (unpaired) electrons. The van der Waals surface area contributed by atoms with E-state index in [1.807, 2.05) is 29.2 Å². The van der Waals surface area contributed by atoms with E-state index < -0.39 is 12.0 Å². The number of likely N-dealkylation sites (tertiary alicyclic amines) is 1. The lowest BCUT2D eigenvalue weighted by molar-refractivity contribution is -0.155. The van der Waals surface area contributed by atoms with Crippen molar-refractivity contribution in [3.05, 3.63) is 35.4 Å². The van der Waals surface area contributed by atoms with Gasteiger partial charge in [-0.1, -0.05) is 24.3 Å². The van der Waals surface area contributed by atoms with Crippen molar-refractivity contribution in [2.45, 2.75) is 38.8 Å². The van der Waals surface area contributed by atoms with E-state index in [2.05, 4.69) is 0 Å². The van der Waals surface area contributed by atoms with Crippen molar-refractivity contribution >= 4 is 17.8 Å². The minimum atomic E-state index is -0.613. The molecule has 0 spiro atoms. The minimum Gasteiger partial charge on any atom is -0.467 e. The largest absolute Gasteiger partial charge is 0.467 e. The maximum Gasteiger partial charge on any atom is 0.328 e. The molecule has 152 valence electrons. The van der Waals surface area contributed by atoms with Crippen LogP contribution in [-0.2, 0) is 36.8 Å². The predicted octanol–water partition coefficient (Wildman–Crippen LogP) is 1.39. The number of carbonyl (C=O) groups excluding carboxylic acids is 3. The van der Waals surface area contributed by atoms with Crippen LogP contribution in [0.15, 0.2) is 24.3 Å². The molecule has 1 amide bonds. The van der Waals surface area contributed by atoms with Crippen LogP contribution in [0.1, 0.15) is 30.9 Å². The first-order chi connectivity index (χ1) is 13.5. The number of fused-ring (bicyclic) bond motifs is 1. The van der Waals surface area contributed by atoms with Crippen molar-refractivity contribution in [2.75, 3.05) is 33.4 Å². The topological polar surface area (TPSA) is 76.2 Å². The quantitative estimate of drug-likeness (QED) is 0.710. The van der Waals surface area contributed by atoms with Gasteiger partial charge in [-0.3, -0.25) is 14.5 Å². The fourth-order valence-electron chi connectivity index (χ4n) is 4.07. The van der Waals surface area contributed by atoms with Gasteiger partial charge in [0.1, 0.15) is 6.04 Å². The zero-order valence-electron chi connectivity index (χ0n) is 16.6. The number of hydrogen-bond donors (Lipinski definition) is 0. The van der Waals surface area contributed by atoms with Crippen LogP contribution in [0.25, 0.3) is 0 Å². The molecule has 1 aromatic carbocycles. The first-order valence-electron chi connectivity index (χ1n) is 9.86. The number of piperidine rings is 1. The van der Waals surface area contributed by atoms with E-state index in [0.29, 0.717) is 26.1 Å². The maximum absolute atomic E-state index is 13.1. The molecule has 7 heteroatoms. The zero-order valence-corrected chi connectivity index (χ0v) is 16.6. The Bertz CT molecular complexity index is 735. The predicted molar refractivity (Wildman–Crippen MR) is 102 cm³/mol. The van der Waals surface area contributed by atoms with Gasteiger partial charge in [0.2, 0.25) is 5.91 Å². The van der Waals surface area contributed by atoms with E-state index in [1.165, 1.54) is 7.11 Å². The van der Waals surface area contributed by atoms with Gasteiger partial charge in [-0.15, -0.1) is 0 Å². The van der Waals surface area contributed by atoms with Crippen LogP contribution in [0, 0.1) is 5.92 Å². The Balaban J connectivity index is 1.69. The summed E-state index contributed by atoms with van der Waals surface area (Å²) in [6.45, 7) is 4.01. The molecule has 2 atom stereocenters. The lowest BCUT2D eigenvalue weighted by Crippen LogP contribution is -2.53. The molecule has 1 saturated heterocycles. The Hall–Kier alpha value is -2.41. The average molecular weight is 388 g/mol. The minimum absolute atomic E-state index is 0.116. The van der Waals surface area contributed by atoms with Gasteiger partial charge >= 0.3 is 11.9 Å². The van der Waals surface area contributed by atoms with Crippen molar-refractivity contribution in [3.8, 4) is 0 Å². The van der Waals surface area contributed by atoms with E-state index in [-0.39, 0.29) is 24.3 Å². The Kier molecular flexibility index (Phi) is 6.67. The van der Waals surface area contributed by atoms with Crippen LogP contribution in [0.3, 0.4) is 0 Å². The fourth-order valence-corrected chi connectivity index (χ4v) is 4.07. The normalized spacial score (nSPS) is 22.3. The molecule has 0 N–H and O–H groups in total. The van der Waals surface area contributed by atoms with Crippen molar-refractivity contribution < 1.29 is 23.9 Å². The average Bonchev–Trinajstić information content (AvgIpc) is 2.72. The highest BCUT2D eigenvalue weighted by molar-refractivity contribution is 5.86. The molecule has 28 heavy (non-hydrogen) atoms. The zero-order chi connectivity index (χ0) is 20.1. The van der Waals surface area contributed by atoms with Crippen LogP contribution < -0.4 is 0 Å². The summed E-state index contributed by atoms with van der Waals surface area (Å²) in [5.74, 6) is -0.903. The summed E-state index contributed by atoms with van der Waals surface area (Å²) >= 11 is 0. The number of benzene rings is 1. The summed E-state index contributed by atoms with van der Waals surface area (Å²) in [5, 5.41) is 0. The molecule has 2 heterocycles. The molecule has 1 aromatic rings. The van der Waals surface area contributed by atoms with Crippen LogP contribution in [0.5, 0.6) is 0 Å². The number of hydrogen-bond acceptors (Lipinski definition) is 6. The van der Waals surface area contributed by atoms with Crippen molar-refractivity contribution in [1.82, 2.24) is 9.80 Å². The van der Waals surface area contributed by atoms with Crippen molar-refractivity contribution in [3.63, 3.8) is 0 Å². The highest BCUT2D eigenvalue weighted by atomic mass is 16.5. The standard InChI is InChI=1S/C21H28N2O5/c1-3-28-20(25)17-9-6-10-22(12-17)14-19(24)23-13-16-8-5-4-7-15(16)11-18(23)21(26)27-2/h4-5,7-8,17-18H,3,6,9-14H2,1-2H3/t17-,18-/m0/s1. The van der Waals surface area contributed by atoms with Crippen LogP contribution in [0.4, 0.5) is 0 Å². The molecule has 0 aliphatic carbocycles.